The highest BCUT2D eigenvalue weighted by Crippen LogP contribution is 2.29. The molecule has 0 amide bonds. The molecule has 0 unspecified atom stereocenters. The summed E-state index contributed by atoms with van der Waals surface area (Å²) in [6, 6.07) is 5.21. The Morgan fingerprint density at radius 2 is 1.43 bits per heavy atom. The molecule has 0 bridgehead atoms. The molecule has 0 atom stereocenters. The van der Waals surface area contributed by atoms with Gasteiger partial charge in [0.25, 0.3) is 0 Å². The van der Waals surface area contributed by atoms with Gasteiger partial charge in [-0.25, -0.2) is 5.11 Å². The molecule has 1 radical (unpaired) electrons. The molecule has 0 aromatic heterocycles. The van der Waals surface area contributed by atoms with Crippen molar-refractivity contribution < 1.29 is 14.6 Å². The smallest absolute Gasteiger partial charge is 0.123 e. The number of methoxy groups -OCH3 is 2. The number of ether oxygens (including phenoxy) is 2. The first kappa shape index (κ1) is 10.9. The van der Waals surface area contributed by atoms with E-state index in [0.717, 1.165) is 0 Å². The van der Waals surface area contributed by atoms with Crippen molar-refractivity contribution in [2.45, 2.75) is 19.4 Å². The van der Waals surface area contributed by atoms with Crippen LogP contribution in [0.2, 0.25) is 0 Å². The fourth-order valence-corrected chi connectivity index (χ4v) is 1.16. The summed E-state index contributed by atoms with van der Waals surface area (Å²) < 4.78 is 10.1. The molecule has 3 nitrogen and oxygen atoms in total. The summed E-state index contributed by atoms with van der Waals surface area (Å²) in [6.45, 7) is 3.22. The second-order valence-electron chi connectivity index (χ2n) is 3.61. The Hall–Kier alpha value is -1.22. The van der Waals surface area contributed by atoms with Gasteiger partial charge in [0.1, 0.15) is 17.1 Å². The van der Waals surface area contributed by atoms with Gasteiger partial charge in [-0.05, 0) is 31.5 Å². The molecule has 0 aliphatic rings. The zero-order valence-corrected chi connectivity index (χ0v) is 8.96. The number of hydrogen-bond acceptors (Lipinski definition) is 2. The van der Waals surface area contributed by atoms with Crippen molar-refractivity contribution in [1.82, 2.24) is 0 Å². The van der Waals surface area contributed by atoms with Gasteiger partial charge in [-0.1, -0.05) is 0 Å². The standard InChI is InChI=1S/C11H15O3/c1-11(2,12)8-5-9(13-3)7-10(6-8)14-4/h5-7H,1-4H3. The molecule has 0 N–H and O–H groups in total. The lowest BCUT2D eigenvalue weighted by Gasteiger charge is -2.16. The summed E-state index contributed by atoms with van der Waals surface area (Å²) in [5.74, 6) is 1.28. The first-order valence-corrected chi connectivity index (χ1v) is 4.41. The zero-order valence-electron chi connectivity index (χ0n) is 8.96. The quantitative estimate of drug-likeness (QED) is 0.742. The van der Waals surface area contributed by atoms with Gasteiger partial charge in [0.15, 0.2) is 0 Å². The maximum Gasteiger partial charge on any atom is 0.123 e. The minimum atomic E-state index is -1.14. The van der Waals surface area contributed by atoms with Crippen LogP contribution >= 0.6 is 0 Å². The summed E-state index contributed by atoms with van der Waals surface area (Å²) >= 11 is 0. The SMILES string of the molecule is COc1cc(OC)cc(C(C)(C)[O])c1. The predicted octanol–water partition coefficient (Wildman–Crippen LogP) is 2.37. The molecule has 0 heterocycles. The van der Waals surface area contributed by atoms with Gasteiger partial charge in [-0.3, -0.25) is 0 Å². The second kappa shape index (κ2) is 3.88. The van der Waals surface area contributed by atoms with Crippen LogP contribution < -0.4 is 9.47 Å². The van der Waals surface area contributed by atoms with E-state index >= 15 is 0 Å². The Labute approximate surface area is 84.3 Å². The first-order valence-electron chi connectivity index (χ1n) is 4.41. The van der Waals surface area contributed by atoms with Gasteiger partial charge >= 0.3 is 0 Å². The van der Waals surface area contributed by atoms with Gasteiger partial charge in [0.2, 0.25) is 0 Å². The second-order valence-corrected chi connectivity index (χ2v) is 3.61. The Bertz CT molecular complexity index is 291. The molecule has 0 aliphatic heterocycles. The van der Waals surface area contributed by atoms with Gasteiger partial charge in [-0.15, -0.1) is 0 Å². The fraction of sp³-hybridized carbons (Fsp3) is 0.455. The van der Waals surface area contributed by atoms with E-state index in [1.807, 2.05) is 0 Å². The average molecular weight is 195 g/mol. The van der Waals surface area contributed by atoms with E-state index in [0.29, 0.717) is 17.1 Å². The number of rotatable bonds is 3. The van der Waals surface area contributed by atoms with Crippen molar-refractivity contribution in [2.75, 3.05) is 14.2 Å². The Morgan fingerprint density at radius 3 is 1.71 bits per heavy atom. The Morgan fingerprint density at radius 1 is 1.00 bits per heavy atom. The van der Waals surface area contributed by atoms with E-state index in [9.17, 15) is 5.11 Å². The van der Waals surface area contributed by atoms with E-state index in [-0.39, 0.29) is 0 Å². The van der Waals surface area contributed by atoms with Crippen LogP contribution in [0.5, 0.6) is 11.5 Å². The Kier molecular flexibility index (Phi) is 3.01. The molecule has 0 saturated carbocycles. The normalized spacial score (nSPS) is 11.2. The molecule has 1 aromatic rings. The highest BCUT2D eigenvalue weighted by molar-refractivity contribution is 5.40. The van der Waals surface area contributed by atoms with Crippen LogP contribution in [0.25, 0.3) is 0 Å². The molecule has 3 heteroatoms. The van der Waals surface area contributed by atoms with E-state index in [4.69, 9.17) is 9.47 Å². The minimum Gasteiger partial charge on any atom is -0.497 e. The highest BCUT2D eigenvalue weighted by Gasteiger charge is 2.20. The van der Waals surface area contributed by atoms with Gasteiger partial charge < -0.3 is 9.47 Å². The summed E-state index contributed by atoms with van der Waals surface area (Å²) in [4.78, 5) is 0. The van der Waals surface area contributed by atoms with Gasteiger partial charge in [-0.2, -0.15) is 0 Å². The van der Waals surface area contributed by atoms with Crippen molar-refractivity contribution in [3.63, 3.8) is 0 Å². The largest absolute Gasteiger partial charge is 0.497 e. The van der Waals surface area contributed by atoms with Crippen LogP contribution in [0.1, 0.15) is 19.4 Å². The number of hydrogen-bond donors (Lipinski definition) is 0. The Balaban J connectivity index is 3.17. The van der Waals surface area contributed by atoms with Crippen LogP contribution in [-0.2, 0) is 10.7 Å². The van der Waals surface area contributed by atoms with E-state index in [1.54, 1.807) is 46.3 Å². The minimum absolute atomic E-state index is 0.642. The van der Waals surface area contributed by atoms with E-state index < -0.39 is 5.60 Å². The first-order chi connectivity index (χ1) is 6.47. The molecule has 0 saturated heterocycles. The molecular formula is C11H15O3. The van der Waals surface area contributed by atoms with E-state index in [2.05, 4.69) is 0 Å². The average Bonchev–Trinajstić information content (AvgIpc) is 2.15. The van der Waals surface area contributed by atoms with Crippen LogP contribution in [0.15, 0.2) is 18.2 Å². The maximum atomic E-state index is 11.7. The van der Waals surface area contributed by atoms with Crippen LogP contribution in [0.4, 0.5) is 0 Å². The topological polar surface area (TPSA) is 38.4 Å². The lowest BCUT2D eigenvalue weighted by molar-refractivity contribution is -0.000428. The van der Waals surface area contributed by atoms with Crippen LogP contribution in [-0.4, -0.2) is 14.2 Å². The third kappa shape index (κ3) is 2.39. The molecule has 14 heavy (non-hydrogen) atoms. The predicted molar refractivity (Wildman–Crippen MR) is 53.3 cm³/mol. The third-order valence-electron chi connectivity index (χ3n) is 2.05. The maximum absolute atomic E-state index is 11.7. The summed E-state index contributed by atoms with van der Waals surface area (Å²) in [7, 11) is 3.13. The summed E-state index contributed by atoms with van der Waals surface area (Å²) in [6.07, 6.45) is 0. The molecule has 1 aromatic carbocycles. The van der Waals surface area contributed by atoms with Gasteiger partial charge in [0.05, 0.1) is 14.2 Å². The molecule has 0 spiro atoms. The molecule has 0 aliphatic carbocycles. The summed E-state index contributed by atoms with van der Waals surface area (Å²) in [5.41, 5.74) is -0.476. The molecule has 1 rings (SSSR count). The lowest BCUT2D eigenvalue weighted by Crippen LogP contribution is -2.13. The van der Waals surface area contributed by atoms with Crippen LogP contribution in [0, 0.1) is 0 Å². The van der Waals surface area contributed by atoms with Crippen LogP contribution in [0.3, 0.4) is 0 Å². The zero-order chi connectivity index (χ0) is 10.8. The third-order valence-corrected chi connectivity index (χ3v) is 2.05. The van der Waals surface area contributed by atoms with E-state index in [1.165, 1.54) is 0 Å². The van der Waals surface area contributed by atoms with Crippen molar-refractivity contribution >= 4 is 0 Å². The fourth-order valence-electron chi connectivity index (χ4n) is 1.16. The van der Waals surface area contributed by atoms with Gasteiger partial charge in [0, 0.05) is 6.07 Å². The van der Waals surface area contributed by atoms with Crippen molar-refractivity contribution in [3.05, 3.63) is 23.8 Å². The molecular weight excluding hydrogens is 180 g/mol. The van der Waals surface area contributed by atoms with Crippen molar-refractivity contribution in [1.29, 1.82) is 0 Å². The highest BCUT2D eigenvalue weighted by atomic mass is 16.5. The molecule has 0 fully saturated rings. The summed E-state index contributed by atoms with van der Waals surface area (Å²) in [5, 5.41) is 11.7. The molecule has 77 valence electrons. The monoisotopic (exact) mass is 195 g/mol. The lowest BCUT2D eigenvalue weighted by atomic mass is 9.98. The van der Waals surface area contributed by atoms with Crippen molar-refractivity contribution in [2.24, 2.45) is 0 Å². The number of benzene rings is 1. The van der Waals surface area contributed by atoms with Crippen molar-refractivity contribution in [3.8, 4) is 11.5 Å².